The second kappa shape index (κ2) is 6.78. The highest BCUT2D eigenvalue weighted by atomic mass is 35.5. The van der Waals surface area contributed by atoms with Crippen LogP contribution < -0.4 is 5.32 Å². The lowest BCUT2D eigenvalue weighted by atomic mass is 9.99. The molecule has 1 fully saturated rings. The number of nitrogens with one attached hydrogen (secondary N) is 1. The van der Waals surface area contributed by atoms with Gasteiger partial charge in [-0.2, -0.15) is 11.8 Å². The molecular weight excluding hydrogens is 269 g/mol. The van der Waals surface area contributed by atoms with Crippen LogP contribution in [0.5, 0.6) is 0 Å². The Hall–Kier alpha value is -0.250. The smallest absolute Gasteiger partial charge is 0.127 e. The molecule has 0 aromatic heterocycles. The molecule has 4 heteroatoms. The molecule has 100 valence electrons. The predicted octanol–water partition coefficient (Wildman–Crippen LogP) is 3.90. The molecular formula is C14H19ClFNS. The summed E-state index contributed by atoms with van der Waals surface area (Å²) in [6.07, 6.45) is 4.46. The summed E-state index contributed by atoms with van der Waals surface area (Å²) in [5.41, 5.74) is 0.643. The Morgan fingerprint density at radius 3 is 2.94 bits per heavy atom. The molecule has 2 unspecified atom stereocenters. The van der Waals surface area contributed by atoms with Gasteiger partial charge >= 0.3 is 0 Å². The molecule has 2 atom stereocenters. The minimum absolute atomic E-state index is 0.191. The van der Waals surface area contributed by atoms with Crippen LogP contribution >= 0.6 is 23.4 Å². The van der Waals surface area contributed by atoms with E-state index in [1.165, 1.54) is 31.1 Å². The van der Waals surface area contributed by atoms with Gasteiger partial charge in [0.25, 0.3) is 0 Å². The predicted molar refractivity (Wildman–Crippen MR) is 78.1 cm³/mol. The number of rotatable bonds is 4. The molecule has 1 aliphatic heterocycles. The van der Waals surface area contributed by atoms with Crippen LogP contribution in [0, 0.1) is 5.82 Å². The van der Waals surface area contributed by atoms with E-state index in [9.17, 15) is 4.39 Å². The first-order valence-electron chi connectivity index (χ1n) is 6.44. The first-order valence-corrected chi connectivity index (χ1v) is 7.87. The minimum Gasteiger partial charge on any atom is -0.316 e. The van der Waals surface area contributed by atoms with E-state index in [1.807, 2.05) is 18.8 Å². The molecule has 1 aromatic rings. The molecule has 1 N–H and O–H groups in total. The Morgan fingerprint density at radius 1 is 1.50 bits per heavy atom. The second-order valence-corrected chi connectivity index (χ2v) is 6.46. The van der Waals surface area contributed by atoms with Gasteiger partial charge in [-0.15, -0.1) is 0 Å². The molecule has 0 aliphatic carbocycles. The van der Waals surface area contributed by atoms with E-state index >= 15 is 0 Å². The van der Waals surface area contributed by atoms with Crippen LogP contribution in [0.1, 0.15) is 24.8 Å². The third-order valence-corrected chi connectivity index (χ3v) is 5.39. The number of likely N-dealkylation sites (N-methyl/N-ethyl adjacent to an activating group) is 1. The molecule has 0 radical (unpaired) electrons. The number of hydrogen-bond acceptors (Lipinski definition) is 2. The normalized spacial score (nSPS) is 21.8. The topological polar surface area (TPSA) is 12.0 Å². The summed E-state index contributed by atoms with van der Waals surface area (Å²) < 4.78 is 13.8. The van der Waals surface area contributed by atoms with Crippen LogP contribution in [0.15, 0.2) is 18.2 Å². The van der Waals surface area contributed by atoms with Crippen molar-refractivity contribution < 1.29 is 4.39 Å². The van der Waals surface area contributed by atoms with Gasteiger partial charge in [0.1, 0.15) is 5.82 Å². The highest BCUT2D eigenvalue weighted by molar-refractivity contribution is 8.00. The fourth-order valence-corrected chi connectivity index (χ4v) is 4.16. The van der Waals surface area contributed by atoms with E-state index in [4.69, 9.17) is 11.6 Å². The zero-order valence-corrected chi connectivity index (χ0v) is 12.2. The van der Waals surface area contributed by atoms with E-state index in [1.54, 1.807) is 12.1 Å². The minimum atomic E-state index is -0.191. The van der Waals surface area contributed by atoms with Crippen LogP contribution in [-0.4, -0.2) is 24.1 Å². The molecule has 2 rings (SSSR count). The zero-order chi connectivity index (χ0) is 13.0. The van der Waals surface area contributed by atoms with Crippen molar-refractivity contribution in [3.05, 3.63) is 34.6 Å². The van der Waals surface area contributed by atoms with E-state index in [0.717, 1.165) is 0 Å². The molecule has 1 saturated heterocycles. The van der Waals surface area contributed by atoms with E-state index in [0.29, 0.717) is 28.3 Å². The molecule has 0 amide bonds. The first-order chi connectivity index (χ1) is 8.72. The summed E-state index contributed by atoms with van der Waals surface area (Å²) in [6.45, 7) is 0. The van der Waals surface area contributed by atoms with Gasteiger partial charge in [0, 0.05) is 21.9 Å². The summed E-state index contributed by atoms with van der Waals surface area (Å²) in [4.78, 5) is 0. The van der Waals surface area contributed by atoms with E-state index in [-0.39, 0.29) is 5.82 Å². The second-order valence-electron chi connectivity index (χ2n) is 4.70. The number of benzene rings is 1. The molecule has 1 aromatic carbocycles. The van der Waals surface area contributed by atoms with Crippen molar-refractivity contribution in [1.29, 1.82) is 0 Å². The van der Waals surface area contributed by atoms with Crippen LogP contribution in [-0.2, 0) is 6.42 Å². The SMILES string of the molecule is CNC(Cc1c(F)cccc1Cl)C1CCCCS1. The Kier molecular flexibility index (Phi) is 5.34. The van der Waals surface area contributed by atoms with Crippen LogP contribution in [0.25, 0.3) is 0 Å². The summed E-state index contributed by atoms with van der Waals surface area (Å²) in [5, 5.41) is 4.44. The summed E-state index contributed by atoms with van der Waals surface area (Å²) >= 11 is 8.09. The molecule has 0 bridgehead atoms. The van der Waals surface area contributed by atoms with Crippen LogP contribution in [0.3, 0.4) is 0 Å². The molecule has 0 spiro atoms. The van der Waals surface area contributed by atoms with E-state index < -0.39 is 0 Å². The van der Waals surface area contributed by atoms with Gasteiger partial charge in [0.05, 0.1) is 0 Å². The van der Waals surface area contributed by atoms with Crippen LogP contribution in [0.2, 0.25) is 5.02 Å². The average Bonchev–Trinajstić information content (AvgIpc) is 2.40. The largest absolute Gasteiger partial charge is 0.316 e. The van der Waals surface area contributed by atoms with Crippen molar-refractivity contribution in [3.63, 3.8) is 0 Å². The molecule has 1 heterocycles. The van der Waals surface area contributed by atoms with E-state index in [2.05, 4.69) is 5.32 Å². The van der Waals surface area contributed by atoms with Gasteiger partial charge in [-0.05, 0) is 44.2 Å². The van der Waals surface area contributed by atoms with Crippen LogP contribution in [0.4, 0.5) is 4.39 Å². The maximum atomic E-state index is 13.8. The highest BCUT2D eigenvalue weighted by Crippen LogP contribution is 2.30. The van der Waals surface area contributed by atoms with Gasteiger partial charge < -0.3 is 5.32 Å². The standard InChI is InChI=1S/C14H19ClFNS/c1-17-13(14-7-2-3-8-18-14)9-10-11(15)5-4-6-12(10)16/h4-6,13-14,17H,2-3,7-9H2,1H3. The Balaban J connectivity index is 2.09. The first kappa shape index (κ1) is 14.2. The molecule has 0 saturated carbocycles. The quantitative estimate of drug-likeness (QED) is 0.901. The molecule has 1 aliphatic rings. The number of thioether (sulfide) groups is 1. The Morgan fingerprint density at radius 2 is 2.33 bits per heavy atom. The fraction of sp³-hybridized carbons (Fsp3) is 0.571. The lowest BCUT2D eigenvalue weighted by Crippen LogP contribution is -2.39. The Bertz CT molecular complexity index is 373. The zero-order valence-electron chi connectivity index (χ0n) is 10.6. The van der Waals surface area contributed by atoms with Crippen molar-refractivity contribution in [2.24, 2.45) is 0 Å². The van der Waals surface area contributed by atoms with Gasteiger partial charge in [-0.25, -0.2) is 4.39 Å². The lowest BCUT2D eigenvalue weighted by Gasteiger charge is -2.30. The van der Waals surface area contributed by atoms with Gasteiger partial charge in [-0.3, -0.25) is 0 Å². The summed E-state index contributed by atoms with van der Waals surface area (Å²) in [5.74, 6) is 1.02. The molecule has 18 heavy (non-hydrogen) atoms. The van der Waals surface area contributed by atoms with Crippen molar-refractivity contribution in [1.82, 2.24) is 5.32 Å². The maximum Gasteiger partial charge on any atom is 0.127 e. The van der Waals surface area contributed by atoms with Crippen molar-refractivity contribution in [3.8, 4) is 0 Å². The third kappa shape index (κ3) is 3.40. The highest BCUT2D eigenvalue weighted by Gasteiger charge is 2.24. The fourth-order valence-electron chi connectivity index (χ4n) is 2.45. The third-order valence-electron chi connectivity index (χ3n) is 3.52. The van der Waals surface area contributed by atoms with Crippen molar-refractivity contribution in [2.75, 3.05) is 12.8 Å². The summed E-state index contributed by atoms with van der Waals surface area (Å²) in [7, 11) is 1.95. The lowest BCUT2D eigenvalue weighted by molar-refractivity contribution is 0.484. The van der Waals surface area contributed by atoms with Gasteiger partial charge in [0.2, 0.25) is 0 Å². The molecule has 1 nitrogen and oxygen atoms in total. The number of halogens is 2. The monoisotopic (exact) mass is 287 g/mol. The maximum absolute atomic E-state index is 13.8. The number of hydrogen-bond donors (Lipinski definition) is 1. The van der Waals surface area contributed by atoms with Gasteiger partial charge in [0.15, 0.2) is 0 Å². The van der Waals surface area contributed by atoms with Gasteiger partial charge in [-0.1, -0.05) is 24.1 Å². The average molecular weight is 288 g/mol. The Labute approximate surface area is 117 Å². The van der Waals surface area contributed by atoms with Crippen molar-refractivity contribution >= 4 is 23.4 Å². The van der Waals surface area contributed by atoms with Crippen molar-refractivity contribution in [2.45, 2.75) is 37.0 Å². The summed E-state index contributed by atoms with van der Waals surface area (Å²) in [6, 6.07) is 5.21.